The van der Waals surface area contributed by atoms with Crippen LogP contribution in [0.25, 0.3) is 0 Å². The molecule has 0 aliphatic rings. The highest BCUT2D eigenvalue weighted by atomic mass is 19.4. The van der Waals surface area contributed by atoms with Crippen molar-refractivity contribution in [3.8, 4) is 0 Å². The number of rotatable bonds is 9. The van der Waals surface area contributed by atoms with E-state index < -0.39 is 25.1 Å². The zero-order chi connectivity index (χ0) is 14.9. The molecular weight excluding hydrogens is 276 g/mol. The van der Waals surface area contributed by atoms with E-state index in [2.05, 4.69) is 10.1 Å². The van der Waals surface area contributed by atoms with Crippen LogP contribution < -0.4 is 5.32 Å². The minimum absolute atomic E-state index is 0.0330. The van der Waals surface area contributed by atoms with Gasteiger partial charge >= 0.3 is 12.4 Å². The Balaban J connectivity index is 3.78. The summed E-state index contributed by atoms with van der Waals surface area (Å²) < 4.78 is 76.3. The second-order valence-corrected chi connectivity index (χ2v) is 4.14. The number of unbranched alkanes of at least 4 members (excludes halogenated alkanes) is 3. The molecule has 0 fully saturated rings. The molecule has 0 aliphatic carbocycles. The van der Waals surface area contributed by atoms with Crippen LogP contribution in [0, 0.1) is 0 Å². The number of alkyl halides is 6. The minimum atomic E-state index is -5.43. The average Bonchev–Trinajstić information content (AvgIpc) is 2.23. The number of hydrogen-bond donors (Lipinski definition) is 1. The van der Waals surface area contributed by atoms with Gasteiger partial charge in [0.15, 0.2) is 0 Å². The highest BCUT2D eigenvalue weighted by Crippen LogP contribution is 2.35. The molecule has 0 saturated heterocycles. The van der Waals surface area contributed by atoms with E-state index in [1.807, 2.05) is 6.92 Å². The standard InChI is InChI=1S/C11H19F6NO/c1-2-3-4-5-6-18-7-8-19-9(10(12,13)14)11(15,16)17/h9,18H,2-8H2,1H3. The number of nitrogens with one attached hydrogen (secondary N) is 1. The van der Waals surface area contributed by atoms with Crippen molar-refractivity contribution in [3.63, 3.8) is 0 Å². The highest BCUT2D eigenvalue weighted by molar-refractivity contribution is 4.76. The summed E-state index contributed by atoms with van der Waals surface area (Å²) >= 11 is 0. The fourth-order valence-corrected chi connectivity index (χ4v) is 1.43. The van der Waals surface area contributed by atoms with Crippen molar-refractivity contribution in [3.05, 3.63) is 0 Å². The van der Waals surface area contributed by atoms with Crippen molar-refractivity contribution in [1.29, 1.82) is 0 Å². The van der Waals surface area contributed by atoms with E-state index in [1.165, 1.54) is 0 Å². The van der Waals surface area contributed by atoms with Gasteiger partial charge in [-0.25, -0.2) is 0 Å². The molecule has 0 radical (unpaired) electrons. The molecule has 0 amide bonds. The molecule has 19 heavy (non-hydrogen) atoms. The Labute approximate surface area is 108 Å². The summed E-state index contributed by atoms with van der Waals surface area (Å²) in [5, 5.41) is 2.74. The topological polar surface area (TPSA) is 21.3 Å². The molecule has 0 aliphatic heterocycles. The number of ether oxygens (including phenoxy) is 1. The summed E-state index contributed by atoms with van der Waals surface area (Å²) in [6, 6.07) is 0. The zero-order valence-corrected chi connectivity index (χ0v) is 10.7. The SMILES string of the molecule is CCCCCCNCCOC(C(F)(F)F)C(F)(F)F. The van der Waals surface area contributed by atoms with Gasteiger partial charge in [-0.1, -0.05) is 26.2 Å². The van der Waals surface area contributed by atoms with E-state index in [4.69, 9.17) is 0 Å². The van der Waals surface area contributed by atoms with Gasteiger partial charge in [-0.2, -0.15) is 26.3 Å². The van der Waals surface area contributed by atoms with E-state index in [1.54, 1.807) is 0 Å². The Bertz CT molecular complexity index is 214. The molecule has 0 atom stereocenters. The maximum absolute atomic E-state index is 12.1. The molecule has 0 rings (SSSR count). The molecule has 8 heteroatoms. The number of hydrogen-bond acceptors (Lipinski definition) is 2. The third kappa shape index (κ3) is 9.10. The largest absolute Gasteiger partial charge is 0.423 e. The molecular formula is C11H19F6NO. The van der Waals surface area contributed by atoms with Crippen LogP contribution in [0.5, 0.6) is 0 Å². The Hall–Kier alpha value is -0.500. The molecule has 0 aromatic carbocycles. The molecule has 1 N–H and O–H groups in total. The van der Waals surface area contributed by atoms with Gasteiger partial charge in [0.25, 0.3) is 0 Å². The first-order valence-corrected chi connectivity index (χ1v) is 6.15. The van der Waals surface area contributed by atoms with Crippen molar-refractivity contribution >= 4 is 0 Å². The van der Waals surface area contributed by atoms with E-state index in [0.717, 1.165) is 25.7 Å². The van der Waals surface area contributed by atoms with Crippen molar-refractivity contribution in [2.24, 2.45) is 0 Å². The first kappa shape index (κ1) is 18.5. The Morgan fingerprint density at radius 3 is 1.95 bits per heavy atom. The third-order valence-corrected chi connectivity index (χ3v) is 2.37. The molecule has 0 heterocycles. The van der Waals surface area contributed by atoms with Crippen molar-refractivity contribution < 1.29 is 31.1 Å². The molecule has 0 aromatic rings. The van der Waals surface area contributed by atoms with Gasteiger partial charge < -0.3 is 10.1 Å². The lowest BCUT2D eigenvalue weighted by molar-refractivity contribution is -0.321. The fourth-order valence-electron chi connectivity index (χ4n) is 1.43. The second kappa shape index (κ2) is 8.63. The summed E-state index contributed by atoms with van der Waals surface area (Å²) in [7, 11) is 0. The summed E-state index contributed by atoms with van der Waals surface area (Å²) in [4.78, 5) is 0. The van der Waals surface area contributed by atoms with Gasteiger partial charge in [0, 0.05) is 6.54 Å². The Morgan fingerprint density at radius 2 is 1.47 bits per heavy atom. The lowest BCUT2D eigenvalue weighted by atomic mass is 10.2. The van der Waals surface area contributed by atoms with Crippen molar-refractivity contribution in [2.45, 2.75) is 51.1 Å². The molecule has 2 nitrogen and oxygen atoms in total. The number of halogens is 6. The van der Waals surface area contributed by atoms with Crippen LogP contribution in [0.1, 0.15) is 32.6 Å². The first-order valence-electron chi connectivity index (χ1n) is 6.15. The van der Waals surface area contributed by atoms with Gasteiger partial charge in [0.2, 0.25) is 6.10 Å². The molecule has 0 unspecified atom stereocenters. The minimum Gasteiger partial charge on any atom is -0.360 e. The lowest BCUT2D eigenvalue weighted by Gasteiger charge is -2.23. The van der Waals surface area contributed by atoms with Gasteiger partial charge in [-0.05, 0) is 13.0 Å². The van der Waals surface area contributed by atoms with Crippen LogP contribution in [0.2, 0.25) is 0 Å². The van der Waals surface area contributed by atoms with E-state index in [0.29, 0.717) is 6.54 Å². The van der Waals surface area contributed by atoms with Gasteiger partial charge in [0.05, 0.1) is 6.61 Å². The smallest absolute Gasteiger partial charge is 0.360 e. The van der Waals surface area contributed by atoms with Gasteiger partial charge in [0.1, 0.15) is 0 Å². The van der Waals surface area contributed by atoms with Crippen LogP contribution in [0.4, 0.5) is 26.3 Å². The zero-order valence-electron chi connectivity index (χ0n) is 10.7. The van der Waals surface area contributed by atoms with Crippen LogP contribution in [0.15, 0.2) is 0 Å². The fraction of sp³-hybridized carbons (Fsp3) is 1.00. The van der Waals surface area contributed by atoms with Crippen molar-refractivity contribution in [2.75, 3.05) is 19.7 Å². The highest BCUT2D eigenvalue weighted by Gasteiger charge is 2.57. The Morgan fingerprint density at radius 1 is 0.895 bits per heavy atom. The predicted octanol–water partition coefficient (Wildman–Crippen LogP) is 3.67. The van der Waals surface area contributed by atoms with Crippen LogP contribution in [-0.4, -0.2) is 38.2 Å². The summed E-state index contributed by atoms with van der Waals surface area (Å²) in [6.45, 7) is 1.94. The van der Waals surface area contributed by atoms with E-state index in [-0.39, 0.29) is 6.54 Å². The van der Waals surface area contributed by atoms with Crippen LogP contribution in [-0.2, 0) is 4.74 Å². The molecule has 0 spiro atoms. The monoisotopic (exact) mass is 295 g/mol. The van der Waals surface area contributed by atoms with Crippen LogP contribution in [0.3, 0.4) is 0 Å². The van der Waals surface area contributed by atoms with Crippen LogP contribution >= 0.6 is 0 Å². The predicted molar refractivity (Wildman–Crippen MR) is 58.9 cm³/mol. The van der Waals surface area contributed by atoms with E-state index >= 15 is 0 Å². The maximum atomic E-state index is 12.1. The first-order chi connectivity index (χ1) is 8.69. The van der Waals surface area contributed by atoms with E-state index in [9.17, 15) is 26.3 Å². The second-order valence-electron chi connectivity index (χ2n) is 4.14. The normalized spacial score (nSPS) is 13.3. The summed E-state index contributed by atoms with van der Waals surface area (Å²) in [5.41, 5.74) is 0. The molecule has 116 valence electrons. The summed E-state index contributed by atoms with van der Waals surface area (Å²) in [6.07, 6.45) is -10.6. The molecule has 0 bridgehead atoms. The third-order valence-electron chi connectivity index (χ3n) is 2.37. The lowest BCUT2D eigenvalue weighted by Crippen LogP contribution is -2.45. The average molecular weight is 295 g/mol. The Kier molecular flexibility index (Phi) is 8.40. The quantitative estimate of drug-likeness (QED) is 0.518. The maximum Gasteiger partial charge on any atom is 0.423 e. The van der Waals surface area contributed by atoms with Gasteiger partial charge in [-0.15, -0.1) is 0 Å². The molecule has 0 saturated carbocycles. The molecule has 0 aromatic heterocycles. The van der Waals surface area contributed by atoms with Gasteiger partial charge in [-0.3, -0.25) is 0 Å². The summed E-state index contributed by atoms with van der Waals surface area (Å²) in [5.74, 6) is 0. The van der Waals surface area contributed by atoms with Crippen molar-refractivity contribution in [1.82, 2.24) is 5.32 Å².